The Hall–Kier alpha value is -1.94. The van der Waals surface area contributed by atoms with E-state index in [1.165, 1.54) is 0 Å². The Labute approximate surface area is 162 Å². The van der Waals surface area contributed by atoms with E-state index >= 15 is 0 Å². The lowest BCUT2D eigenvalue weighted by atomic mass is 10.1. The molecular weight excluding hydrogens is 487 g/mol. The molecular formula is C16H10Br2F3NO4. The van der Waals surface area contributed by atoms with Gasteiger partial charge in [-0.15, -0.1) is 0 Å². The number of alkyl halides is 3. The van der Waals surface area contributed by atoms with Gasteiger partial charge in [0.25, 0.3) is 5.69 Å². The monoisotopic (exact) mass is 495 g/mol. The summed E-state index contributed by atoms with van der Waals surface area (Å²) in [4.78, 5) is 21.8. The number of nitro benzene ring substituents is 1. The van der Waals surface area contributed by atoms with Gasteiger partial charge < -0.3 is 4.74 Å². The number of nitrogens with zero attached hydrogens (tertiary/aromatic N) is 1. The van der Waals surface area contributed by atoms with E-state index in [0.29, 0.717) is 12.5 Å². The molecule has 5 nitrogen and oxygen atoms in total. The lowest BCUT2D eigenvalue weighted by Crippen LogP contribution is -2.14. The number of rotatable bonds is 5. The smallest absolute Gasteiger partial charge is 0.424 e. The third-order valence-electron chi connectivity index (χ3n) is 3.31. The van der Waals surface area contributed by atoms with Crippen LogP contribution in [0.3, 0.4) is 0 Å². The number of esters is 1. The first-order valence-corrected chi connectivity index (χ1v) is 8.68. The van der Waals surface area contributed by atoms with Crippen LogP contribution in [0.15, 0.2) is 45.3 Å². The Morgan fingerprint density at radius 1 is 1.19 bits per heavy atom. The molecule has 0 saturated carbocycles. The zero-order chi connectivity index (χ0) is 19.5. The highest BCUT2D eigenvalue weighted by atomic mass is 79.9. The Balaban J connectivity index is 2.29. The summed E-state index contributed by atoms with van der Waals surface area (Å²) >= 11 is 5.59. The number of halogens is 5. The summed E-state index contributed by atoms with van der Waals surface area (Å²) in [6.45, 7) is 0. The first-order chi connectivity index (χ1) is 12.1. The van der Waals surface area contributed by atoms with Gasteiger partial charge in [-0.1, -0.05) is 30.3 Å². The molecule has 2 aromatic rings. The van der Waals surface area contributed by atoms with Gasteiger partial charge in [-0.25, -0.2) is 0 Å². The van der Waals surface area contributed by atoms with E-state index in [9.17, 15) is 28.1 Å². The van der Waals surface area contributed by atoms with Crippen LogP contribution in [0.2, 0.25) is 0 Å². The molecule has 0 saturated heterocycles. The largest absolute Gasteiger partial charge is 0.424 e. The highest BCUT2D eigenvalue weighted by Crippen LogP contribution is 2.48. The van der Waals surface area contributed by atoms with Crippen molar-refractivity contribution in [3.05, 3.63) is 66.6 Å². The third-order valence-corrected chi connectivity index (χ3v) is 4.66. The van der Waals surface area contributed by atoms with Crippen LogP contribution in [-0.4, -0.2) is 10.9 Å². The van der Waals surface area contributed by atoms with E-state index in [-0.39, 0.29) is 10.9 Å². The Morgan fingerprint density at radius 3 is 2.35 bits per heavy atom. The lowest BCUT2D eigenvalue weighted by Gasteiger charge is -2.15. The van der Waals surface area contributed by atoms with Crippen molar-refractivity contribution in [2.45, 2.75) is 19.0 Å². The van der Waals surface area contributed by atoms with Crippen LogP contribution in [0.5, 0.6) is 5.75 Å². The first kappa shape index (κ1) is 20.4. The fourth-order valence-corrected chi connectivity index (χ4v) is 3.64. The second kappa shape index (κ2) is 8.17. The van der Waals surface area contributed by atoms with Crippen molar-refractivity contribution in [1.82, 2.24) is 0 Å². The summed E-state index contributed by atoms with van der Waals surface area (Å²) < 4.78 is 43.8. The molecule has 26 heavy (non-hydrogen) atoms. The van der Waals surface area contributed by atoms with E-state index in [1.807, 2.05) is 6.07 Å². The van der Waals surface area contributed by atoms with Crippen molar-refractivity contribution in [1.29, 1.82) is 0 Å². The average molecular weight is 497 g/mol. The molecule has 2 aromatic carbocycles. The minimum Gasteiger partial charge on any atom is -0.424 e. The number of carbonyl (C=O) groups is 1. The number of nitro groups is 1. The molecule has 0 amide bonds. The van der Waals surface area contributed by atoms with E-state index in [2.05, 4.69) is 31.9 Å². The SMILES string of the molecule is O=C(CCc1ccccc1)Oc1c(Br)cc([N+](=O)[O-])c(C(F)(F)F)c1Br. The zero-order valence-electron chi connectivity index (χ0n) is 12.8. The van der Waals surface area contributed by atoms with Crippen LogP contribution < -0.4 is 4.74 Å². The Morgan fingerprint density at radius 2 is 1.81 bits per heavy atom. The summed E-state index contributed by atoms with van der Waals surface area (Å²) in [5, 5.41) is 10.9. The quantitative estimate of drug-likeness (QED) is 0.231. The maximum absolute atomic E-state index is 13.2. The average Bonchev–Trinajstić information content (AvgIpc) is 2.55. The fraction of sp³-hybridized carbons (Fsp3) is 0.188. The van der Waals surface area contributed by atoms with Crippen LogP contribution in [0.1, 0.15) is 17.5 Å². The topological polar surface area (TPSA) is 69.4 Å². The second-order valence-corrected chi connectivity index (χ2v) is 6.76. The molecule has 0 aliphatic rings. The summed E-state index contributed by atoms with van der Waals surface area (Å²) in [5.74, 6) is -1.22. The van der Waals surface area contributed by atoms with Crippen LogP contribution in [0, 0.1) is 10.1 Å². The predicted octanol–water partition coefficient (Wildman–Crippen LogP) is 5.68. The fourth-order valence-electron chi connectivity index (χ4n) is 2.15. The summed E-state index contributed by atoms with van der Waals surface area (Å²) in [5.41, 5.74) is -1.81. The Kier molecular flexibility index (Phi) is 6.40. The lowest BCUT2D eigenvalue weighted by molar-refractivity contribution is -0.388. The van der Waals surface area contributed by atoms with Crippen molar-refractivity contribution in [3.8, 4) is 5.75 Å². The minimum absolute atomic E-state index is 0.0682. The normalized spacial score (nSPS) is 11.3. The molecule has 0 aromatic heterocycles. The van der Waals surface area contributed by atoms with Gasteiger partial charge in [-0.2, -0.15) is 13.2 Å². The molecule has 0 bridgehead atoms. The first-order valence-electron chi connectivity index (χ1n) is 7.09. The van der Waals surface area contributed by atoms with Gasteiger partial charge in [0.1, 0.15) is 0 Å². The summed E-state index contributed by atoms with van der Waals surface area (Å²) in [6.07, 6.45) is -4.73. The predicted molar refractivity (Wildman–Crippen MR) is 93.9 cm³/mol. The van der Waals surface area contributed by atoms with Gasteiger partial charge >= 0.3 is 12.1 Å². The number of hydrogen-bond acceptors (Lipinski definition) is 4. The van der Waals surface area contributed by atoms with Crippen LogP contribution in [-0.2, 0) is 17.4 Å². The zero-order valence-corrected chi connectivity index (χ0v) is 16.0. The molecule has 0 heterocycles. The molecule has 0 aliphatic heterocycles. The van der Waals surface area contributed by atoms with Gasteiger partial charge in [0, 0.05) is 12.5 Å². The van der Waals surface area contributed by atoms with Crippen molar-refractivity contribution in [2.24, 2.45) is 0 Å². The van der Waals surface area contributed by atoms with Gasteiger partial charge in [-0.3, -0.25) is 14.9 Å². The maximum Gasteiger partial charge on any atom is 0.424 e. The van der Waals surface area contributed by atoms with Gasteiger partial charge in [-0.05, 0) is 43.8 Å². The number of carbonyl (C=O) groups excluding carboxylic acids is 1. The van der Waals surface area contributed by atoms with Crippen LogP contribution in [0.25, 0.3) is 0 Å². The Bertz CT molecular complexity index is 842. The molecule has 0 unspecified atom stereocenters. The molecule has 138 valence electrons. The van der Waals surface area contributed by atoms with E-state index < -0.39 is 38.5 Å². The van der Waals surface area contributed by atoms with Crippen LogP contribution >= 0.6 is 31.9 Å². The molecule has 0 fully saturated rings. The minimum atomic E-state index is -5.01. The van der Waals surface area contributed by atoms with Crippen molar-refractivity contribution < 1.29 is 27.6 Å². The number of benzene rings is 2. The summed E-state index contributed by atoms with van der Waals surface area (Å²) in [7, 11) is 0. The number of hydrogen-bond donors (Lipinski definition) is 0. The molecule has 2 rings (SSSR count). The van der Waals surface area contributed by atoms with Crippen molar-refractivity contribution >= 4 is 43.5 Å². The molecule has 0 radical (unpaired) electrons. The van der Waals surface area contributed by atoms with Gasteiger partial charge in [0.2, 0.25) is 0 Å². The number of aryl methyl sites for hydroxylation is 1. The van der Waals surface area contributed by atoms with Gasteiger partial charge in [0.05, 0.1) is 13.9 Å². The maximum atomic E-state index is 13.2. The molecule has 0 atom stereocenters. The van der Waals surface area contributed by atoms with Crippen molar-refractivity contribution in [2.75, 3.05) is 0 Å². The van der Waals surface area contributed by atoms with Gasteiger partial charge in [0.15, 0.2) is 11.3 Å². The van der Waals surface area contributed by atoms with E-state index in [0.717, 1.165) is 5.56 Å². The molecule has 0 spiro atoms. The standard InChI is InChI=1S/C16H10Br2F3NO4/c17-10-8-11(22(24)25)13(16(19,20)21)14(18)15(10)26-12(23)7-6-9-4-2-1-3-5-9/h1-5,8H,6-7H2. The second-order valence-electron chi connectivity index (χ2n) is 5.11. The number of ether oxygens (including phenoxy) is 1. The van der Waals surface area contributed by atoms with E-state index in [4.69, 9.17) is 4.74 Å². The van der Waals surface area contributed by atoms with Crippen LogP contribution in [0.4, 0.5) is 18.9 Å². The summed E-state index contributed by atoms with van der Waals surface area (Å²) in [6, 6.07) is 9.65. The van der Waals surface area contributed by atoms with E-state index in [1.54, 1.807) is 24.3 Å². The molecule has 0 aliphatic carbocycles. The molecule has 0 N–H and O–H groups in total. The van der Waals surface area contributed by atoms with Crippen molar-refractivity contribution in [3.63, 3.8) is 0 Å². The molecule has 10 heteroatoms. The third kappa shape index (κ3) is 4.82. The highest BCUT2D eigenvalue weighted by molar-refractivity contribution is 9.11. The highest BCUT2D eigenvalue weighted by Gasteiger charge is 2.43.